The van der Waals surface area contributed by atoms with Crippen LogP contribution in [0.15, 0.2) is 4.52 Å². The van der Waals surface area contributed by atoms with Crippen LogP contribution in [-0.4, -0.2) is 16.2 Å². The highest BCUT2D eigenvalue weighted by Gasteiger charge is 2.11. The highest BCUT2D eigenvalue weighted by atomic mass is 16.5. The topological polar surface area (TPSA) is 64.9 Å². The molecule has 0 radical (unpaired) electrons. The van der Waals surface area contributed by atoms with Gasteiger partial charge in [0.25, 0.3) is 0 Å². The first-order valence-corrected chi connectivity index (χ1v) is 5.18. The van der Waals surface area contributed by atoms with Crippen LogP contribution >= 0.6 is 0 Å². The zero-order valence-corrected chi connectivity index (χ0v) is 9.16. The molecule has 0 aromatic carbocycles. The Balaban J connectivity index is 2.43. The largest absolute Gasteiger partial charge is 0.339 e. The van der Waals surface area contributed by atoms with Gasteiger partial charge in [-0.1, -0.05) is 25.9 Å². The number of hydrogen-bond acceptors (Lipinski definition) is 4. The van der Waals surface area contributed by atoms with Crippen molar-refractivity contribution >= 4 is 0 Å². The van der Waals surface area contributed by atoms with Crippen LogP contribution in [0.2, 0.25) is 0 Å². The summed E-state index contributed by atoms with van der Waals surface area (Å²) >= 11 is 0. The molecule has 0 saturated heterocycles. The van der Waals surface area contributed by atoms with Gasteiger partial charge in [-0.15, -0.1) is 0 Å². The van der Waals surface area contributed by atoms with E-state index in [9.17, 15) is 0 Å². The molecule has 1 aromatic heterocycles. The van der Waals surface area contributed by atoms with E-state index in [1.165, 1.54) is 0 Å². The Morgan fingerprint density at radius 2 is 2.14 bits per heavy atom. The first kappa shape index (κ1) is 11.2. The molecule has 1 aromatic rings. The quantitative estimate of drug-likeness (QED) is 0.777. The van der Waals surface area contributed by atoms with Crippen molar-refractivity contribution in [3.63, 3.8) is 0 Å². The van der Waals surface area contributed by atoms with Crippen LogP contribution in [0.25, 0.3) is 0 Å². The third-order valence-electron chi connectivity index (χ3n) is 2.04. The summed E-state index contributed by atoms with van der Waals surface area (Å²) < 4.78 is 5.07. The molecule has 1 atom stereocenters. The molecule has 0 aliphatic rings. The smallest absolute Gasteiger partial charge is 0.228 e. The van der Waals surface area contributed by atoms with Gasteiger partial charge in [0, 0.05) is 18.9 Å². The van der Waals surface area contributed by atoms with E-state index in [0.717, 1.165) is 18.7 Å². The summed E-state index contributed by atoms with van der Waals surface area (Å²) in [6.07, 6.45) is 2.48. The molecule has 0 aliphatic heterocycles. The Hall–Kier alpha value is -0.900. The lowest BCUT2D eigenvalue weighted by atomic mass is 10.0. The molecule has 0 saturated carbocycles. The summed E-state index contributed by atoms with van der Waals surface area (Å²) in [6.45, 7) is 6.32. The summed E-state index contributed by atoms with van der Waals surface area (Å²) in [5.41, 5.74) is 5.93. The van der Waals surface area contributed by atoms with Crippen molar-refractivity contribution in [1.82, 2.24) is 10.1 Å². The summed E-state index contributed by atoms with van der Waals surface area (Å²) in [7, 11) is 0. The summed E-state index contributed by atoms with van der Waals surface area (Å²) in [5, 5.41) is 3.83. The Bertz CT molecular complexity index is 270. The molecular weight excluding hydrogens is 178 g/mol. The Morgan fingerprint density at radius 1 is 1.43 bits per heavy atom. The molecule has 1 heterocycles. The minimum Gasteiger partial charge on any atom is -0.339 e. The SMILES string of the molecule is CCc1noc(CC(N)CC(C)C)n1. The fraction of sp³-hybridized carbons (Fsp3) is 0.800. The van der Waals surface area contributed by atoms with Gasteiger partial charge >= 0.3 is 0 Å². The summed E-state index contributed by atoms with van der Waals surface area (Å²) in [6, 6.07) is 0.125. The van der Waals surface area contributed by atoms with Crippen molar-refractivity contribution < 1.29 is 4.52 Å². The van der Waals surface area contributed by atoms with Crippen molar-refractivity contribution in [2.45, 2.75) is 46.1 Å². The second kappa shape index (κ2) is 5.10. The number of rotatable bonds is 5. The van der Waals surface area contributed by atoms with Crippen molar-refractivity contribution in [1.29, 1.82) is 0 Å². The fourth-order valence-corrected chi connectivity index (χ4v) is 1.43. The van der Waals surface area contributed by atoms with Crippen LogP contribution in [0.4, 0.5) is 0 Å². The number of hydrogen-bond donors (Lipinski definition) is 1. The van der Waals surface area contributed by atoms with Gasteiger partial charge in [0.2, 0.25) is 5.89 Å². The predicted molar refractivity (Wildman–Crippen MR) is 54.8 cm³/mol. The first-order valence-electron chi connectivity index (χ1n) is 5.18. The second-order valence-corrected chi connectivity index (χ2v) is 4.05. The van der Waals surface area contributed by atoms with Crippen LogP contribution in [0.3, 0.4) is 0 Å². The van der Waals surface area contributed by atoms with Crippen LogP contribution in [0, 0.1) is 5.92 Å². The number of aryl methyl sites for hydroxylation is 1. The van der Waals surface area contributed by atoms with Crippen molar-refractivity contribution in [2.75, 3.05) is 0 Å². The van der Waals surface area contributed by atoms with E-state index in [0.29, 0.717) is 18.2 Å². The standard InChI is InChI=1S/C10H19N3O/c1-4-9-12-10(14-13-9)6-8(11)5-7(2)3/h7-8H,4-6,11H2,1-3H3. The molecule has 4 heteroatoms. The average molecular weight is 197 g/mol. The minimum absolute atomic E-state index is 0.125. The average Bonchev–Trinajstić information content (AvgIpc) is 2.50. The molecule has 0 spiro atoms. The van der Waals surface area contributed by atoms with E-state index < -0.39 is 0 Å². The molecule has 0 aliphatic carbocycles. The molecular formula is C10H19N3O. The Kier molecular flexibility index (Phi) is 4.07. The zero-order valence-electron chi connectivity index (χ0n) is 9.16. The molecule has 2 N–H and O–H groups in total. The maximum atomic E-state index is 5.93. The van der Waals surface area contributed by atoms with Crippen molar-refractivity contribution in [3.8, 4) is 0 Å². The molecule has 0 amide bonds. The van der Waals surface area contributed by atoms with Gasteiger partial charge in [0.15, 0.2) is 5.82 Å². The zero-order chi connectivity index (χ0) is 10.6. The van der Waals surface area contributed by atoms with Crippen LogP contribution in [0.5, 0.6) is 0 Å². The van der Waals surface area contributed by atoms with Crippen LogP contribution in [-0.2, 0) is 12.8 Å². The Labute approximate surface area is 84.9 Å². The van der Waals surface area contributed by atoms with E-state index in [-0.39, 0.29) is 6.04 Å². The van der Waals surface area contributed by atoms with Gasteiger partial charge < -0.3 is 10.3 Å². The summed E-state index contributed by atoms with van der Waals surface area (Å²) in [5.74, 6) is 2.03. The lowest BCUT2D eigenvalue weighted by molar-refractivity contribution is 0.355. The van der Waals surface area contributed by atoms with Gasteiger partial charge in [-0.2, -0.15) is 4.98 Å². The first-order chi connectivity index (χ1) is 6.61. The normalized spacial score (nSPS) is 13.5. The second-order valence-electron chi connectivity index (χ2n) is 4.05. The number of aromatic nitrogens is 2. The maximum absolute atomic E-state index is 5.93. The number of nitrogens with zero attached hydrogens (tertiary/aromatic N) is 2. The van der Waals surface area contributed by atoms with Crippen molar-refractivity contribution in [2.24, 2.45) is 11.7 Å². The monoisotopic (exact) mass is 197 g/mol. The van der Waals surface area contributed by atoms with Crippen molar-refractivity contribution in [3.05, 3.63) is 11.7 Å². The molecule has 80 valence electrons. The van der Waals surface area contributed by atoms with E-state index in [4.69, 9.17) is 10.3 Å². The van der Waals surface area contributed by atoms with Gasteiger partial charge in [0.1, 0.15) is 0 Å². The van der Waals surface area contributed by atoms with E-state index in [2.05, 4.69) is 24.0 Å². The fourth-order valence-electron chi connectivity index (χ4n) is 1.43. The maximum Gasteiger partial charge on any atom is 0.228 e. The molecule has 1 rings (SSSR count). The van der Waals surface area contributed by atoms with Gasteiger partial charge in [-0.3, -0.25) is 0 Å². The van der Waals surface area contributed by atoms with Gasteiger partial charge in [0.05, 0.1) is 0 Å². The molecule has 4 nitrogen and oxygen atoms in total. The van der Waals surface area contributed by atoms with Gasteiger partial charge in [-0.25, -0.2) is 0 Å². The van der Waals surface area contributed by atoms with E-state index in [1.807, 2.05) is 6.92 Å². The predicted octanol–water partition coefficient (Wildman–Crippen LogP) is 1.55. The lowest BCUT2D eigenvalue weighted by Crippen LogP contribution is -2.24. The molecule has 0 bridgehead atoms. The highest BCUT2D eigenvalue weighted by Crippen LogP contribution is 2.08. The van der Waals surface area contributed by atoms with Crippen LogP contribution < -0.4 is 5.73 Å². The van der Waals surface area contributed by atoms with Crippen LogP contribution in [0.1, 0.15) is 38.9 Å². The molecule has 14 heavy (non-hydrogen) atoms. The lowest BCUT2D eigenvalue weighted by Gasteiger charge is -2.10. The highest BCUT2D eigenvalue weighted by molar-refractivity contribution is 4.88. The molecule has 1 unspecified atom stereocenters. The van der Waals surface area contributed by atoms with E-state index >= 15 is 0 Å². The minimum atomic E-state index is 0.125. The molecule has 0 fully saturated rings. The number of nitrogens with two attached hydrogens (primary N) is 1. The third kappa shape index (κ3) is 3.46. The summed E-state index contributed by atoms with van der Waals surface area (Å²) in [4.78, 5) is 4.22. The Morgan fingerprint density at radius 3 is 2.64 bits per heavy atom. The van der Waals surface area contributed by atoms with Gasteiger partial charge in [-0.05, 0) is 12.3 Å². The van der Waals surface area contributed by atoms with E-state index in [1.54, 1.807) is 0 Å². The third-order valence-corrected chi connectivity index (χ3v) is 2.04.